The molecule has 7 heteroatoms. The van der Waals surface area contributed by atoms with Gasteiger partial charge in [0, 0.05) is 6.20 Å². The molecule has 2 aromatic heterocycles. The number of hydrogen-bond acceptors (Lipinski definition) is 2. The first-order valence-electron chi connectivity index (χ1n) is 3.80. The molecule has 0 saturated carbocycles. The van der Waals surface area contributed by atoms with Gasteiger partial charge in [-0.15, -0.1) is 0 Å². The summed E-state index contributed by atoms with van der Waals surface area (Å²) in [6.07, 6.45) is 3.10. The van der Waals surface area contributed by atoms with Gasteiger partial charge in [-0.05, 0) is 22.0 Å². The van der Waals surface area contributed by atoms with Gasteiger partial charge in [-0.25, -0.2) is 9.67 Å². The van der Waals surface area contributed by atoms with Crippen molar-refractivity contribution < 1.29 is 0 Å². The molecule has 2 rings (SSSR count). The van der Waals surface area contributed by atoms with Crippen molar-refractivity contribution in [3.63, 3.8) is 0 Å². The van der Waals surface area contributed by atoms with Gasteiger partial charge in [-0.1, -0.05) is 34.8 Å². The Hall–Kier alpha value is -0.290. The molecule has 0 atom stereocenters. The first-order chi connectivity index (χ1) is 7.08. The third-order valence-corrected chi connectivity index (χ3v) is 3.21. The summed E-state index contributed by atoms with van der Waals surface area (Å²) in [5.74, 6) is 0.480. The maximum atomic E-state index is 5.96. The minimum absolute atomic E-state index is 0.411. The lowest BCUT2D eigenvalue weighted by molar-refractivity contribution is 0.839. The van der Waals surface area contributed by atoms with E-state index in [1.807, 2.05) is 0 Å². The second-order valence-corrected chi connectivity index (χ2v) is 4.67. The molecular formula is C8H3BrCl3N3. The van der Waals surface area contributed by atoms with E-state index in [4.69, 9.17) is 34.8 Å². The number of aromatic nitrogens is 3. The van der Waals surface area contributed by atoms with E-state index >= 15 is 0 Å². The van der Waals surface area contributed by atoms with Crippen molar-refractivity contribution in [3.05, 3.63) is 38.1 Å². The summed E-state index contributed by atoms with van der Waals surface area (Å²) in [4.78, 5) is 4.06. The fourth-order valence-corrected chi connectivity index (χ4v) is 1.89. The Morgan fingerprint density at radius 3 is 2.47 bits per heavy atom. The van der Waals surface area contributed by atoms with Crippen LogP contribution in [0.25, 0.3) is 5.82 Å². The molecule has 2 aromatic rings. The molecule has 0 aliphatic carbocycles. The van der Waals surface area contributed by atoms with E-state index in [1.165, 1.54) is 10.9 Å². The second-order valence-electron chi connectivity index (χ2n) is 2.67. The smallest absolute Gasteiger partial charge is 0.172 e. The quantitative estimate of drug-likeness (QED) is 0.793. The SMILES string of the molecule is Clc1cnc(-n2cc(Cl)c(Br)n2)c(Cl)c1. The van der Waals surface area contributed by atoms with E-state index < -0.39 is 0 Å². The second kappa shape index (κ2) is 4.29. The molecule has 0 fully saturated rings. The predicted octanol–water partition coefficient (Wildman–Crippen LogP) is 3.99. The number of nitrogens with zero attached hydrogens (tertiary/aromatic N) is 3. The largest absolute Gasteiger partial charge is 0.234 e. The van der Waals surface area contributed by atoms with E-state index in [1.54, 1.807) is 12.3 Å². The molecule has 0 aromatic carbocycles. The Morgan fingerprint density at radius 1 is 1.20 bits per heavy atom. The van der Waals surface area contributed by atoms with E-state index in [0.29, 0.717) is 25.5 Å². The Morgan fingerprint density at radius 2 is 1.93 bits per heavy atom. The van der Waals surface area contributed by atoms with Crippen molar-refractivity contribution in [2.75, 3.05) is 0 Å². The maximum absolute atomic E-state index is 5.96. The number of hydrogen-bond donors (Lipinski definition) is 0. The minimum atomic E-state index is 0.411. The molecule has 0 bridgehead atoms. The molecule has 0 amide bonds. The highest BCUT2D eigenvalue weighted by molar-refractivity contribution is 9.10. The lowest BCUT2D eigenvalue weighted by atomic mass is 10.4. The van der Waals surface area contributed by atoms with Gasteiger partial charge in [0.1, 0.15) is 4.60 Å². The number of rotatable bonds is 1. The zero-order valence-electron chi connectivity index (χ0n) is 7.09. The summed E-state index contributed by atoms with van der Waals surface area (Å²) in [6, 6.07) is 1.59. The van der Waals surface area contributed by atoms with Gasteiger partial charge in [-0.3, -0.25) is 0 Å². The Balaban J connectivity index is 2.54. The summed E-state index contributed by atoms with van der Waals surface area (Å²) < 4.78 is 2.02. The highest BCUT2D eigenvalue weighted by Crippen LogP contribution is 2.25. The molecular weight excluding hydrogens is 324 g/mol. The first-order valence-corrected chi connectivity index (χ1v) is 5.72. The monoisotopic (exact) mass is 325 g/mol. The number of halogens is 4. The first kappa shape index (κ1) is 11.2. The standard InChI is InChI=1S/C8H3BrCl3N3/c9-7-6(12)3-15(14-7)8-5(11)1-4(10)2-13-8/h1-3H. The average Bonchev–Trinajstić information content (AvgIpc) is 2.46. The van der Waals surface area contributed by atoms with Crippen molar-refractivity contribution in [3.8, 4) is 5.82 Å². The van der Waals surface area contributed by atoms with Gasteiger partial charge in [0.25, 0.3) is 0 Å². The van der Waals surface area contributed by atoms with Crippen LogP contribution in [0.4, 0.5) is 0 Å². The van der Waals surface area contributed by atoms with E-state index in [9.17, 15) is 0 Å². The van der Waals surface area contributed by atoms with Gasteiger partial charge >= 0.3 is 0 Å². The molecule has 0 saturated heterocycles. The Kier molecular flexibility index (Phi) is 3.21. The van der Waals surface area contributed by atoms with Crippen LogP contribution >= 0.6 is 50.7 Å². The van der Waals surface area contributed by atoms with Gasteiger partial charge in [0.15, 0.2) is 5.82 Å². The molecule has 78 valence electrons. The molecule has 15 heavy (non-hydrogen) atoms. The predicted molar refractivity (Wildman–Crippen MR) is 64.1 cm³/mol. The van der Waals surface area contributed by atoms with Crippen LogP contribution in [0.1, 0.15) is 0 Å². The summed E-state index contributed by atoms with van der Waals surface area (Å²) in [7, 11) is 0. The third kappa shape index (κ3) is 2.28. The summed E-state index contributed by atoms with van der Waals surface area (Å²) >= 11 is 20.7. The van der Waals surface area contributed by atoms with Crippen LogP contribution in [-0.2, 0) is 0 Å². The molecule has 3 nitrogen and oxygen atoms in total. The van der Waals surface area contributed by atoms with Crippen molar-refractivity contribution in [2.24, 2.45) is 0 Å². The molecule has 0 aliphatic heterocycles. The fraction of sp³-hybridized carbons (Fsp3) is 0. The molecule has 2 heterocycles. The summed E-state index contributed by atoms with van der Waals surface area (Å²) in [5, 5.41) is 5.46. The van der Waals surface area contributed by atoms with Crippen LogP contribution < -0.4 is 0 Å². The van der Waals surface area contributed by atoms with Gasteiger partial charge < -0.3 is 0 Å². The Bertz CT molecular complexity index is 492. The lowest BCUT2D eigenvalue weighted by Gasteiger charge is -2.02. The molecule has 0 unspecified atom stereocenters. The maximum Gasteiger partial charge on any atom is 0.172 e. The van der Waals surface area contributed by atoms with Gasteiger partial charge in [0.2, 0.25) is 0 Å². The lowest BCUT2D eigenvalue weighted by Crippen LogP contribution is -1.98. The molecule has 0 radical (unpaired) electrons. The summed E-state index contributed by atoms with van der Waals surface area (Å²) in [6.45, 7) is 0. The van der Waals surface area contributed by atoms with E-state index in [2.05, 4.69) is 26.0 Å². The zero-order valence-corrected chi connectivity index (χ0v) is 10.9. The molecule has 0 spiro atoms. The van der Waals surface area contributed by atoms with Crippen molar-refractivity contribution in [1.82, 2.24) is 14.8 Å². The van der Waals surface area contributed by atoms with Crippen molar-refractivity contribution in [2.45, 2.75) is 0 Å². The van der Waals surface area contributed by atoms with Gasteiger partial charge in [-0.2, -0.15) is 5.10 Å². The molecule has 0 N–H and O–H groups in total. The Labute approximate surface area is 109 Å². The third-order valence-electron chi connectivity index (χ3n) is 1.63. The van der Waals surface area contributed by atoms with Crippen LogP contribution in [-0.4, -0.2) is 14.8 Å². The molecule has 0 aliphatic rings. The number of pyridine rings is 1. The van der Waals surface area contributed by atoms with Crippen molar-refractivity contribution >= 4 is 50.7 Å². The highest BCUT2D eigenvalue weighted by atomic mass is 79.9. The topological polar surface area (TPSA) is 30.7 Å². The van der Waals surface area contributed by atoms with Crippen LogP contribution in [0.15, 0.2) is 23.1 Å². The van der Waals surface area contributed by atoms with Crippen LogP contribution in [0, 0.1) is 0 Å². The average molecular weight is 327 g/mol. The zero-order chi connectivity index (χ0) is 11.0. The van der Waals surface area contributed by atoms with Crippen molar-refractivity contribution in [1.29, 1.82) is 0 Å². The highest BCUT2D eigenvalue weighted by Gasteiger charge is 2.09. The van der Waals surface area contributed by atoms with Crippen LogP contribution in [0.2, 0.25) is 15.1 Å². The van der Waals surface area contributed by atoms with Crippen LogP contribution in [0.5, 0.6) is 0 Å². The van der Waals surface area contributed by atoms with Crippen LogP contribution in [0.3, 0.4) is 0 Å². The van der Waals surface area contributed by atoms with Gasteiger partial charge in [0.05, 0.1) is 21.3 Å². The normalized spacial score (nSPS) is 10.7. The van der Waals surface area contributed by atoms with E-state index in [0.717, 1.165) is 0 Å². The van der Waals surface area contributed by atoms with E-state index in [-0.39, 0.29) is 0 Å². The minimum Gasteiger partial charge on any atom is -0.234 e. The summed E-state index contributed by atoms with van der Waals surface area (Å²) in [5.41, 5.74) is 0. The fourth-order valence-electron chi connectivity index (χ4n) is 1.02.